The molecule has 0 unspecified atom stereocenters. The van der Waals surface area contributed by atoms with Gasteiger partial charge in [-0.3, -0.25) is 0 Å². The summed E-state index contributed by atoms with van der Waals surface area (Å²) in [6.07, 6.45) is 3.38. The Hall–Kier alpha value is -1.93. The second-order valence-electron chi connectivity index (χ2n) is 3.80. The van der Waals surface area contributed by atoms with Crippen LogP contribution in [0, 0.1) is 0 Å². The molecule has 2 aromatic carbocycles. The minimum absolute atomic E-state index is 0.748. The standard InChI is InChI=1S/C14H9ClN2/c15-13-4-1-10(2-5-13)11-3-6-14-12(7-11)8-16-9-17-14/h1-9H. The SMILES string of the molecule is Clc1ccc(-c2ccc3ncncc3c2)cc1. The third-order valence-corrected chi connectivity index (χ3v) is 2.93. The summed E-state index contributed by atoms with van der Waals surface area (Å²) >= 11 is 5.87. The van der Waals surface area contributed by atoms with Gasteiger partial charge in [0.15, 0.2) is 0 Å². The van der Waals surface area contributed by atoms with E-state index < -0.39 is 0 Å². The summed E-state index contributed by atoms with van der Waals surface area (Å²) < 4.78 is 0. The van der Waals surface area contributed by atoms with Crippen molar-refractivity contribution in [3.8, 4) is 11.1 Å². The number of fused-ring (bicyclic) bond motifs is 1. The molecule has 3 aromatic rings. The zero-order chi connectivity index (χ0) is 11.7. The molecular formula is C14H9ClN2. The Morgan fingerprint density at radius 2 is 1.65 bits per heavy atom. The molecule has 0 N–H and O–H groups in total. The van der Waals surface area contributed by atoms with Crippen LogP contribution in [0.5, 0.6) is 0 Å². The lowest BCUT2D eigenvalue weighted by molar-refractivity contribution is 1.22. The van der Waals surface area contributed by atoms with Crippen LogP contribution < -0.4 is 0 Å². The van der Waals surface area contributed by atoms with Crippen molar-refractivity contribution >= 4 is 22.5 Å². The van der Waals surface area contributed by atoms with E-state index in [1.807, 2.05) is 36.5 Å². The van der Waals surface area contributed by atoms with Crippen LogP contribution in [0.2, 0.25) is 5.02 Å². The lowest BCUT2D eigenvalue weighted by Gasteiger charge is -2.03. The van der Waals surface area contributed by atoms with Crippen molar-refractivity contribution in [1.82, 2.24) is 9.97 Å². The summed E-state index contributed by atoms with van der Waals surface area (Å²) in [6, 6.07) is 13.9. The Balaban J connectivity index is 2.14. The van der Waals surface area contributed by atoms with Crippen molar-refractivity contribution in [2.24, 2.45) is 0 Å². The molecule has 1 aromatic heterocycles. The summed E-state index contributed by atoms with van der Waals surface area (Å²) in [7, 11) is 0. The van der Waals surface area contributed by atoms with E-state index in [9.17, 15) is 0 Å². The number of halogens is 1. The van der Waals surface area contributed by atoms with Gasteiger partial charge in [0.25, 0.3) is 0 Å². The van der Waals surface area contributed by atoms with Gasteiger partial charge in [0.2, 0.25) is 0 Å². The Labute approximate surface area is 104 Å². The van der Waals surface area contributed by atoms with Gasteiger partial charge in [-0.1, -0.05) is 29.8 Å². The third kappa shape index (κ3) is 1.99. The van der Waals surface area contributed by atoms with E-state index in [4.69, 9.17) is 11.6 Å². The predicted molar refractivity (Wildman–Crippen MR) is 70.0 cm³/mol. The van der Waals surface area contributed by atoms with Crippen LogP contribution in [0.3, 0.4) is 0 Å². The second-order valence-corrected chi connectivity index (χ2v) is 4.24. The molecule has 0 atom stereocenters. The topological polar surface area (TPSA) is 25.8 Å². The largest absolute Gasteiger partial charge is 0.244 e. The molecule has 82 valence electrons. The zero-order valence-corrected chi connectivity index (χ0v) is 9.72. The van der Waals surface area contributed by atoms with Gasteiger partial charge in [-0.15, -0.1) is 0 Å². The summed E-state index contributed by atoms with van der Waals surface area (Å²) in [5, 5.41) is 1.79. The molecule has 0 radical (unpaired) electrons. The van der Waals surface area contributed by atoms with Crippen LogP contribution in [0.15, 0.2) is 55.0 Å². The number of benzene rings is 2. The van der Waals surface area contributed by atoms with Crippen molar-refractivity contribution in [2.75, 3.05) is 0 Å². The van der Waals surface area contributed by atoms with Gasteiger partial charge >= 0.3 is 0 Å². The highest BCUT2D eigenvalue weighted by molar-refractivity contribution is 6.30. The molecule has 0 amide bonds. The van der Waals surface area contributed by atoms with E-state index in [2.05, 4.69) is 22.1 Å². The first-order valence-electron chi connectivity index (χ1n) is 5.29. The van der Waals surface area contributed by atoms with E-state index in [0.29, 0.717) is 0 Å². The molecule has 0 aliphatic rings. The number of aromatic nitrogens is 2. The Morgan fingerprint density at radius 3 is 2.47 bits per heavy atom. The fourth-order valence-corrected chi connectivity index (χ4v) is 1.93. The molecule has 0 bridgehead atoms. The van der Waals surface area contributed by atoms with Gasteiger partial charge < -0.3 is 0 Å². The van der Waals surface area contributed by atoms with Crippen molar-refractivity contribution in [3.05, 3.63) is 60.0 Å². The average Bonchev–Trinajstić information content (AvgIpc) is 2.39. The number of hydrogen-bond donors (Lipinski definition) is 0. The predicted octanol–water partition coefficient (Wildman–Crippen LogP) is 3.95. The quantitative estimate of drug-likeness (QED) is 0.644. The maximum Gasteiger partial charge on any atom is 0.116 e. The first kappa shape index (κ1) is 10.2. The van der Waals surface area contributed by atoms with Crippen LogP contribution in [0.1, 0.15) is 0 Å². The smallest absolute Gasteiger partial charge is 0.116 e. The lowest BCUT2D eigenvalue weighted by Crippen LogP contribution is -1.82. The molecule has 3 heteroatoms. The van der Waals surface area contributed by atoms with Crippen LogP contribution in [-0.2, 0) is 0 Å². The van der Waals surface area contributed by atoms with Crippen LogP contribution in [0.25, 0.3) is 22.0 Å². The van der Waals surface area contributed by atoms with Crippen molar-refractivity contribution in [3.63, 3.8) is 0 Å². The highest BCUT2D eigenvalue weighted by Crippen LogP contribution is 2.24. The first-order chi connectivity index (χ1) is 8.33. The molecule has 17 heavy (non-hydrogen) atoms. The molecule has 0 saturated carbocycles. The molecule has 0 fully saturated rings. The highest BCUT2D eigenvalue weighted by Gasteiger charge is 2.00. The summed E-state index contributed by atoms with van der Waals surface area (Å²) in [4.78, 5) is 8.23. The van der Waals surface area contributed by atoms with E-state index >= 15 is 0 Å². The molecule has 0 spiro atoms. The van der Waals surface area contributed by atoms with Gasteiger partial charge in [-0.05, 0) is 35.4 Å². The summed E-state index contributed by atoms with van der Waals surface area (Å²) in [5.41, 5.74) is 3.24. The third-order valence-electron chi connectivity index (χ3n) is 2.68. The molecule has 0 saturated heterocycles. The van der Waals surface area contributed by atoms with Gasteiger partial charge in [0.1, 0.15) is 6.33 Å². The van der Waals surface area contributed by atoms with Crippen LogP contribution in [0.4, 0.5) is 0 Å². The Kier molecular flexibility index (Phi) is 2.50. The molecule has 3 rings (SSSR count). The van der Waals surface area contributed by atoms with Crippen LogP contribution in [-0.4, -0.2) is 9.97 Å². The zero-order valence-electron chi connectivity index (χ0n) is 8.97. The van der Waals surface area contributed by atoms with Crippen molar-refractivity contribution in [2.45, 2.75) is 0 Å². The number of nitrogens with zero attached hydrogens (tertiary/aromatic N) is 2. The molecule has 2 nitrogen and oxygen atoms in total. The summed E-state index contributed by atoms with van der Waals surface area (Å²) in [6.45, 7) is 0. The fourth-order valence-electron chi connectivity index (χ4n) is 1.81. The lowest BCUT2D eigenvalue weighted by atomic mass is 10.0. The minimum Gasteiger partial charge on any atom is -0.244 e. The minimum atomic E-state index is 0.748. The molecule has 0 aliphatic carbocycles. The maximum absolute atomic E-state index is 5.87. The Bertz CT molecular complexity index is 662. The van der Waals surface area contributed by atoms with Gasteiger partial charge in [0.05, 0.1) is 5.52 Å². The molecular weight excluding hydrogens is 232 g/mol. The molecule has 1 heterocycles. The number of hydrogen-bond acceptors (Lipinski definition) is 2. The first-order valence-corrected chi connectivity index (χ1v) is 5.66. The van der Waals surface area contributed by atoms with Gasteiger partial charge in [-0.25, -0.2) is 9.97 Å². The maximum atomic E-state index is 5.87. The van der Waals surface area contributed by atoms with E-state index in [1.165, 1.54) is 0 Å². The molecule has 0 aliphatic heterocycles. The van der Waals surface area contributed by atoms with Gasteiger partial charge in [0, 0.05) is 16.6 Å². The van der Waals surface area contributed by atoms with E-state index in [0.717, 1.165) is 27.1 Å². The van der Waals surface area contributed by atoms with E-state index in [1.54, 1.807) is 6.33 Å². The van der Waals surface area contributed by atoms with Crippen LogP contribution >= 0.6 is 11.6 Å². The summed E-state index contributed by atoms with van der Waals surface area (Å²) in [5.74, 6) is 0. The Morgan fingerprint density at radius 1 is 0.882 bits per heavy atom. The number of rotatable bonds is 1. The average molecular weight is 241 g/mol. The second kappa shape index (κ2) is 4.15. The monoisotopic (exact) mass is 240 g/mol. The van der Waals surface area contributed by atoms with Gasteiger partial charge in [-0.2, -0.15) is 0 Å². The van der Waals surface area contributed by atoms with Crippen molar-refractivity contribution in [1.29, 1.82) is 0 Å². The van der Waals surface area contributed by atoms with E-state index in [-0.39, 0.29) is 0 Å². The normalized spacial score (nSPS) is 10.6. The highest BCUT2D eigenvalue weighted by atomic mass is 35.5. The van der Waals surface area contributed by atoms with Crippen molar-refractivity contribution < 1.29 is 0 Å². The fraction of sp³-hybridized carbons (Fsp3) is 0.